The Morgan fingerprint density at radius 3 is 2.64 bits per heavy atom. The minimum absolute atomic E-state index is 0.499. The Morgan fingerprint density at radius 2 is 2.07 bits per heavy atom. The zero-order valence-electron chi connectivity index (χ0n) is 9.01. The van der Waals surface area contributed by atoms with Crippen molar-refractivity contribution in [2.75, 3.05) is 6.61 Å². The molecule has 0 N–H and O–H groups in total. The summed E-state index contributed by atoms with van der Waals surface area (Å²) < 4.78 is 6.80. The topological polar surface area (TPSA) is 9.23 Å². The third kappa shape index (κ3) is 3.02. The van der Waals surface area contributed by atoms with E-state index >= 15 is 0 Å². The van der Waals surface area contributed by atoms with Crippen LogP contribution in [0.15, 0.2) is 22.7 Å². The molecule has 0 aromatic heterocycles. The van der Waals surface area contributed by atoms with Gasteiger partial charge < -0.3 is 4.74 Å². The van der Waals surface area contributed by atoms with E-state index in [1.165, 1.54) is 5.56 Å². The predicted molar refractivity (Wildman–Crippen MR) is 64.0 cm³/mol. The fourth-order valence-electron chi connectivity index (χ4n) is 1.31. The summed E-state index contributed by atoms with van der Waals surface area (Å²) in [7, 11) is 0. The summed E-state index contributed by atoms with van der Waals surface area (Å²) in [5, 5.41) is 0. The molecule has 0 radical (unpaired) electrons. The second kappa shape index (κ2) is 5.40. The summed E-state index contributed by atoms with van der Waals surface area (Å²) in [6, 6.07) is 6.20. The van der Waals surface area contributed by atoms with Gasteiger partial charge in [-0.2, -0.15) is 0 Å². The summed E-state index contributed by atoms with van der Waals surface area (Å²) in [5.41, 5.74) is 1.27. The summed E-state index contributed by atoms with van der Waals surface area (Å²) in [6.07, 6.45) is 1.05. The third-order valence-electron chi connectivity index (χ3n) is 2.06. The van der Waals surface area contributed by atoms with Crippen LogP contribution in [0.5, 0.6) is 5.75 Å². The monoisotopic (exact) mass is 256 g/mol. The molecule has 0 unspecified atom stereocenters. The van der Waals surface area contributed by atoms with Gasteiger partial charge in [-0.05, 0) is 36.1 Å². The number of hydrogen-bond donors (Lipinski definition) is 0. The van der Waals surface area contributed by atoms with E-state index in [9.17, 15) is 0 Å². The third-order valence-corrected chi connectivity index (χ3v) is 2.55. The number of ether oxygens (including phenoxy) is 1. The van der Waals surface area contributed by atoms with Gasteiger partial charge in [0.2, 0.25) is 0 Å². The average molecular weight is 257 g/mol. The number of benzene rings is 1. The Hall–Kier alpha value is -0.500. The molecule has 1 rings (SSSR count). The molecule has 1 aromatic rings. The average Bonchev–Trinajstić information content (AvgIpc) is 2.15. The van der Waals surface area contributed by atoms with Gasteiger partial charge in [0.25, 0.3) is 0 Å². The van der Waals surface area contributed by atoms with Crippen molar-refractivity contribution in [3.63, 3.8) is 0 Å². The second-order valence-corrected chi connectivity index (χ2v) is 4.60. The maximum Gasteiger partial charge on any atom is 0.122 e. The first-order valence-corrected chi connectivity index (χ1v) is 5.86. The molecular weight excluding hydrogens is 240 g/mol. The largest absolute Gasteiger partial charge is 0.493 e. The molecule has 78 valence electrons. The zero-order valence-corrected chi connectivity index (χ0v) is 10.6. The molecule has 0 fully saturated rings. The lowest BCUT2D eigenvalue weighted by Gasteiger charge is -2.13. The van der Waals surface area contributed by atoms with E-state index in [1.807, 2.05) is 12.1 Å². The zero-order chi connectivity index (χ0) is 10.6. The van der Waals surface area contributed by atoms with E-state index in [1.54, 1.807) is 0 Å². The lowest BCUT2D eigenvalue weighted by Crippen LogP contribution is -2.00. The Balaban J connectivity index is 2.90. The van der Waals surface area contributed by atoms with Crippen LogP contribution in [0.4, 0.5) is 0 Å². The SMILES string of the molecule is CCCOc1ccc(Br)cc1C(C)C. The fraction of sp³-hybridized carbons (Fsp3) is 0.500. The highest BCUT2D eigenvalue weighted by Crippen LogP contribution is 2.29. The van der Waals surface area contributed by atoms with Crippen LogP contribution in [0.3, 0.4) is 0 Å². The van der Waals surface area contributed by atoms with E-state index in [0.717, 1.165) is 23.2 Å². The van der Waals surface area contributed by atoms with Crippen molar-refractivity contribution in [2.45, 2.75) is 33.1 Å². The van der Waals surface area contributed by atoms with Gasteiger partial charge in [-0.1, -0.05) is 36.7 Å². The summed E-state index contributed by atoms with van der Waals surface area (Å²) >= 11 is 3.48. The van der Waals surface area contributed by atoms with Crippen molar-refractivity contribution in [3.8, 4) is 5.75 Å². The molecule has 0 heterocycles. The van der Waals surface area contributed by atoms with Crippen LogP contribution < -0.4 is 4.74 Å². The lowest BCUT2D eigenvalue weighted by molar-refractivity contribution is 0.313. The van der Waals surface area contributed by atoms with Gasteiger partial charge in [0.15, 0.2) is 0 Å². The number of halogens is 1. The van der Waals surface area contributed by atoms with Crippen LogP contribution in [0.25, 0.3) is 0 Å². The van der Waals surface area contributed by atoms with Gasteiger partial charge in [0, 0.05) is 4.47 Å². The number of rotatable bonds is 4. The second-order valence-electron chi connectivity index (χ2n) is 3.69. The minimum atomic E-state index is 0.499. The van der Waals surface area contributed by atoms with Crippen LogP contribution in [0.2, 0.25) is 0 Å². The molecule has 14 heavy (non-hydrogen) atoms. The van der Waals surface area contributed by atoms with Gasteiger partial charge in [0.05, 0.1) is 6.61 Å². The van der Waals surface area contributed by atoms with E-state index in [2.05, 4.69) is 42.8 Å². The molecule has 1 nitrogen and oxygen atoms in total. The van der Waals surface area contributed by atoms with Crippen molar-refractivity contribution < 1.29 is 4.74 Å². The summed E-state index contributed by atoms with van der Waals surface area (Å²) in [5.74, 6) is 1.52. The van der Waals surface area contributed by atoms with Crippen LogP contribution in [-0.2, 0) is 0 Å². The molecule has 0 aliphatic carbocycles. The molecule has 0 saturated heterocycles. The first kappa shape index (κ1) is 11.6. The Kier molecular flexibility index (Phi) is 4.46. The molecule has 0 aliphatic heterocycles. The highest BCUT2D eigenvalue weighted by atomic mass is 79.9. The van der Waals surface area contributed by atoms with Crippen molar-refractivity contribution in [3.05, 3.63) is 28.2 Å². The molecule has 0 spiro atoms. The maximum atomic E-state index is 5.68. The molecule has 0 aliphatic rings. The quantitative estimate of drug-likeness (QED) is 0.778. The van der Waals surface area contributed by atoms with Gasteiger partial charge in [-0.15, -0.1) is 0 Å². The lowest BCUT2D eigenvalue weighted by atomic mass is 10.0. The molecule has 0 atom stereocenters. The van der Waals surface area contributed by atoms with E-state index in [4.69, 9.17) is 4.74 Å². The normalized spacial score (nSPS) is 10.6. The first-order chi connectivity index (χ1) is 6.65. The summed E-state index contributed by atoms with van der Waals surface area (Å²) in [4.78, 5) is 0. The maximum absolute atomic E-state index is 5.68. The van der Waals surface area contributed by atoms with Crippen molar-refractivity contribution in [1.82, 2.24) is 0 Å². The van der Waals surface area contributed by atoms with Crippen molar-refractivity contribution in [2.24, 2.45) is 0 Å². The highest BCUT2D eigenvalue weighted by molar-refractivity contribution is 9.10. The Bertz CT molecular complexity index is 294. The Labute approximate surface area is 94.6 Å². The minimum Gasteiger partial charge on any atom is -0.493 e. The molecule has 0 saturated carbocycles. The van der Waals surface area contributed by atoms with Crippen molar-refractivity contribution >= 4 is 15.9 Å². The molecule has 0 bridgehead atoms. The van der Waals surface area contributed by atoms with E-state index in [-0.39, 0.29) is 0 Å². The molecule has 2 heteroatoms. The summed E-state index contributed by atoms with van der Waals surface area (Å²) in [6.45, 7) is 7.27. The van der Waals surface area contributed by atoms with E-state index < -0.39 is 0 Å². The van der Waals surface area contributed by atoms with E-state index in [0.29, 0.717) is 5.92 Å². The first-order valence-electron chi connectivity index (χ1n) is 5.07. The van der Waals surface area contributed by atoms with Crippen LogP contribution in [0.1, 0.15) is 38.7 Å². The fourth-order valence-corrected chi connectivity index (χ4v) is 1.69. The van der Waals surface area contributed by atoms with Crippen molar-refractivity contribution in [1.29, 1.82) is 0 Å². The number of hydrogen-bond acceptors (Lipinski definition) is 1. The highest BCUT2D eigenvalue weighted by Gasteiger charge is 2.07. The standard InChI is InChI=1S/C12H17BrO/c1-4-7-14-12-6-5-10(13)8-11(12)9(2)3/h5-6,8-9H,4,7H2,1-3H3. The van der Waals surface area contributed by atoms with Crippen LogP contribution in [-0.4, -0.2) is 6.61 Å². The smallest absolute Gasteiger partial charge is 0.122 e. The molecule has 0 amide bonds. The molecular formula is C12H17BrO. The van der Waals surface area contributed by atoms with Crippen LogP contribution in [0, 0.1) is 0 Å². The van der Waals surface area contributed by atoms with Gasteiger partial charge >= 0.3 is 0 Å². The molecule has 1 aromatic carbocycles. The van der Waals surface area contributed by atoms with Gasteiger partial charge in [-0.25, -0.2) is 0 Å². The van der Waals surface area contributed by atoms with Gasteiger partial charge in [-0.3, -0.25) is 0 Å². The predicted octanol–water partition coefficient (Wildman–Crippen LogP) is 4.36. The Morgan fingerprint density at radius 1 is 1.36 bits per heavy atom. The van der Waals surface area contributed by atoms with Gasteiger partial charge in [0.1, 0.15) is 5.75 Å². The van der Waals surface area contributed by atoms with Crippen LogP contribution >= 0.6 is 15.9 Å².